The molecule has 1 aliphatic heterocycles. The first kappa shape index (κ1) is 16.9. The predicted molar refractivity (Wildman–Crippen MR) is 99.9 cm³/mol. The summed E-state index contributed by atoms with van der Waals surface area (Å²) in [5.74, 6) is -1.71. The lowest BCUT2D eigenvalue weighted by Crippen LogP contribution is -2.31. The number of halogens is 1. The van der Waals surface area contributed by atoms with Crippen molar-refractivity contribution < 1.29 is 14.7 Å². The Morgan fingerprint density at radius 2 is 2.00 bits per heavy atom. The van der Waals surface area contributed by atoms with Crippen molar-refractivity contribution in [3.8, 4) is 0 Å². The largest absolute Gasteiger partial charge is 0.503 e. The number of rotatable bonds is 4. The molecule has 0 saturated carbocycles. The monoisotopic (exact) mass is 403 g/mol. The Bertz CT molecular complexity index is 1020. The molecule has 1 aromatic carbocycles. The van der Waals surface area contributed by atoms with Crippen LogP contribution in [0.5, 0.6) is 0 Å². The summed E-state index contributed by atoms with van der Waals surface area (Å²) in [5.41, 5.74) is 1.99. The van der Waals surface area contributed by atoms with Crippen molar-refractivity contribution in [1.29, 1.82) is 0 Å². The molecule has 3 aromatic rings. The number of aliphatic hydroxyl groups excluding tert-OH is 1. The van der Waals surface area contributed by atoms with Gasteiger partial charge in [-0.15, -0.1) is 21.5 Å². The van der Waals surface area contributed by atoms with E-state index in [9.17, 15) is 14.7 Å². The van der Waals surface area contributed by atoms with Crippen molar-refractivity contribution in [3.05, 3.63) is 74.1 Å². The van der Waals surface area contributed by atoms with Crippen LogP contribution in [0.4, 0.5) is 5.13 Å². The Morgan fingerprint density at radius 1 is 1.19 bits per heavy atom. The van der Waals surface area contributed by atoms with Crippen LogP contribution in [0, 0.1) is 0 Å². The third-order valence-electron chi connectivity index (χ3n) is 3.95. The van der Waals surface area contributed by atoms with E-state index in [-0.39, 0.29) is 10.7 Å². The molecule has 0 unspecified atom stereocenters. The fourth-order valence-electron chi connectivity index (χ4n) is 2.84. The van der Waals surface area contributed by atoms with Gasteiger partial charge in [0.25, 0.3) is 5.91 Å². The average Bonchev–Trinajstić information content (AvgIpc) is 3.37. The SMILES string of the molecule is O=C(C1=C(O)C(=O)N(c2nncs2)[C@H]1c1ccccc1Cl)c1cccs1. The first-order valence-corrected chi connectivity index (χ1v) is 9.59. The predicted octanol–water partition coefficient (Wildman–Crippen LogP) is 4.04. The summed E-state index contributed by atoms with van der Waals surface area (Å²) in [6, 6.07) is 9.40. The summed E-state index contributed by atoms with van der Waals surface area (Å²) in [4.78, 5) is 27.4. The quantitative estimate of drug-likeness (QED) is 0.665. The van der Waals surface area contributed by atoms with Gasteiger partial charge < -0.3 is 5.11 Å². The number of thiophene rings is 1. The first-order chi connectivity index (χ1) is 12.6. The maximum atomic E-state index is 13.0. The van der Waals surface area contributed by atoms with Crippen LogP contribution in [-0.2, 0) is 4.79 Å². The minimum absolute atomic E-state index is 0.0132. The summed E-state index contributed by atoms with van der Waals surface area (Å²) in [5, 5.41) is 20.6. The maximum absolute atomic E-state index is 13.0. The second-order valence-electron chi connectivity index (χ2n) is 5.39. The lowest BCUT2D eigenvalue weighted by molar-refractivity contribution is -0.117. The van der Waals surface area contributed by atoms with Gasteiger partial charge in [0.15, 0.2) is 5.76 Å². The van der Waals surface area contributed by atoms with Crippen LogP contribution in [-0.4, -0.2) is 27.0 Å². The Hall–Kier alpha value is -2.55. The molecule has 130 valence electrons. The average molecular weight is 404 g/mol. The summed E-state index contributed by atoms with van der Waals surface area (Å²) >= 11 is 8.71. The lowest BCUT2D eigenvalue weighted by Gasteiger charge is -2.24. The van der Waals surface area contributed by atoms with Crippen molar-refractivity contribution in [1.82, 2.24) is 10.2 Å². The van der Waals surface area contributed by atoms with Gasteiger partial charge in [0.2, 0.25) is 10.9 Å². The number of carbonyl (C=O) groups is 2. The molecule has 1 amide bonds. The van der Waals surface area contributed by atoms with E-state index in [1.807, 2.05) is 0 Å². The highest BCUT2D eigenvalue weighted by Crippen LogP contribution is 2.44. The van der Waals surface area contributed by atoms with Gasteiger partial charge in [0.05, 0.1) is 16.5 Å². The number of benzene rings is 1. The van der Waals surface area contributed by atoms with E-state index in [1.54, 1.807) is 41.8 Å². The van der Waals surface area contributed by atoms with Crippen LogP contribution in [0.2, 0.25) is 5.02 Å². The van der Waals surface area contributed by atoms with Gasteiger partial charge in [-0.25, -0.2) is 0 Å². The first-order valence-electron chi connectivity index (χ1n) is 7.45. The zero-order valence-electron chi connectivity index (χ0n) is 13.0. The van der Waals surface area contributed by atoms with Gasteiger partial charge >= 0.3 is 0 Å². The van der Waals surface area contributed by atoms with Crippen LogP contribution in [0.3, 0.4) is 0 Å². The molecule has 0 spiro atoms. The zero-order chi connectivity index (χ0) is 18.3. The summed E-state index contributed by atoms with van der Waals surface area (Å²) < 4.78 is 0. The minimum atomic E-state index is -0.876. The van der Waals surface area contributed by atoms with E-state index in [1.165, 1.54) is 21.7 Å². The molecule has 1 aliphatic rings. The highest BCUT2D eigenvalue weighted by atomic mass is 35.5. The van der Waals surface area contributed by atoms with Gasteiger partial charge in [-0.05, 0) is 23.1 Å². The third-order valence-corrected chi connectivity index (χ3v) is 5.85. The van der Waals surface area contributed by atoms with Crippen LogP contribution in [0.1, 0.15) is 21.3 Å². The van der Waals surface area contributed by atoms with Crippen LogP contribution in [0.25, 0.3) is 0 Å². The number of amides is 1. The van der Waals surface area contributed by atoms with Crippen LogP contribution in [0.15, 0.2) is 58.6 Å². The summed E-state index contributed by atoms with van der Waals surface area (Å²) in [6.07, 6.45) is 0. The standard InChI is InChI=1S/C17H10ClN3O3S2/c18-10-5-2-1-4-9(10)13-12(14(22)11-6-3-7-25-11)15(23)16(24)21(13)17-20-19-8-26-17/h1-8,13,23H/t13-/m0/s1. The smallest absolute Gasteiger partial charge is 0.296 e. The van der Waals surface area contributed by atoms with Gasteiger partial charge in [-0.1, -0.05) is 47.2 Å². The molecule has 3 heterocycles. The maximum Gasteiger partial charge on any atom is 0.296 e. The Kier molecular flexibility index (Phi) is 4.31. The van der Waals surface area contributed by atoms with E-state index in [4.69, 9.17) is 11.6 Å². The fraction of sp³-hybridized carbons (Fsp3) is 0.0588. The molecule has 1 atom stereocenters. The normalized spacial score (nSPS) is 17.2. The van der Waals surface area contributed by atoms with Crippen molar-refractivity contribution >= 4 is 51.1 Å². The number of carbonyl (C=O) groups excluding carboxylic acids is 2. The molecule has 0 radical (unpaired) electrons. The molecule has 0 fully saturated rings. The van der Waals surface area contributed by atoms with Crippen LogP contribution >= 0.6 is 34.3 Å². The highest BCUT2D eigenvalue weighted by Gasteiger charge is 2.46. The van der Waals surface area contributed by atoms with E-state index < -0.39 is 23.5 Å². The highest BCUT2D eigenvalue weighted by molar-refractivity contribution is 7.13. The second-order valence-corrected chi connectivity index (χ2v) is 7.56. The topological polar surface area (TPSA) is 83.4 Å². The molecule has 26 heavy (non-hydrogen) atoms. The van der Waals surface area contributed by atoms with Crippen molar-refractivity contribution in [2.24, 2.45) is 0 Å². The number of aromatic nitrogens is 2. The Balaban J connectivity index is 1.91. The number of anilines is 1. The summed E-state index contributed by atoms with van der Waals surface area (Å²) in [6.45, 7) is 0. The molecule has 0 bridgehead atoms. The van der Waals surface area contributed by atoms with Gasteiger partial charge in [0, 0.05) is 5.02 Å². The molecular weight excluding hydrogens is 394 g/mol. The Morgan fingerprint density at radius 3 is 2.65 bits per heavy atom. The van der Waals surface area contributed by atoms with Crippen molar-refractivity contribution in [2.45, 2.75) is 6.04 Å². The van der Waals surface area contributed by atoms with E-state index >= 15 is 0 Å². The van der Waals surface area contributed by atoms with E-state index in [0.29, 0.717) is 15.5 Å². The van der Waals surface area contributed by atoms with E-state index in [0.717, 1.165) is 11.3 Å². The summed E-state index contributed by atoms with van der Waals surface area (Å²) in [7, 11) is 0. The Labute approximate surface area is 161 Å². The number of hydrogen-bond acceptors (Lipinski definition) is 7. The van der Waals surface area contributed by atoms with Gasteiger partial charge in [-0.2, -0.15) is 0 Å². The van der Waals surface area contributed by atoms with Crippen LogP contribution < -0.4 is 4.90 Å². The lowest BCUT2D eigenvalue weighted by atomic mass is 9.95. The number of ketones is 1. The molecule has 0 aliphatic carbocycles. The molecule has 2 aromatic heterocycles. The zero-order valence-corrected chi connectivity index (χ0v) is 15.4. The van der Waals surface area contributed by atoms with Gasteiger partial charge in [-0.3, -0.25) is 14.5 Å². The molecule has 9 heteroatoms. The van der Waals surface area contributed by atoms with Gasteiger partial charge in [0.1, 0.15) is 5.51 Å². The number of hydrogen-bond donors (Lipinski definition) is 1. The fourth-order valence-corrected chi connectivity index (χ4v) is 4.34. The molecule has 0 saturated heterocycles. The number of aliphatic hydroxyl groups is 1. The third kappa shape index (κ3) is 2.63. The number of Topliss-reactive ketones (excluding diaryl/α,β-unsaturated/α-hetero) is 1. The molecule has 1 N–H and O–H groups in total. The van der Waals surface area contributed by atoms with Crippen molar-refractivity contribution in [3.63, 3.8) is 0 Å². The molecular formula is C17H10ClN3O3S2. The van der Waals surface area contributed by atoms with Crippen molar-refractivity contribution in [2.75, 3.05) is 4.90 Å². The second kappa shape index (κ2) is 6.64. The number of nitrogens with zero attached hydrogens (tertiary/aromatic N) is 3. The minimum Gasteiger partial charge on any atom is -0.503 e. The molecule has 4 rings (SSSR count). The van der Waals surface area contributed by atoms with E-state index in [2.05, 4.69) is 10.2 Å². The molecule has 6 nitrogen and oxygen atoms in total.